The molecule has 0 aliphatic heterocycles. The second kappa shape index (κ2) is 8.90. The lowest BCUT2D eigenvalue weighted by Gasteiger charge is -2.14. The van der Waals surface area contributed by atoms with Crippen LogP contribution in [-0.2, 0) is 6.61 Å². The molecule has 0 aliphatic carbocycles. The van der Waals surface area contributed by atoms with E-state index in [1.807, 2.05) is 61.5 Å². The number of carbonyl (C=O) groups is 1. The van der Waals surface area contributed by atoms with Crippen molar-refractivity contribution in [3.8, 4) is 11.5 Å². The standard InChI is InChI=1S/C22H20INO3/c1-15-7-6-10-18(11-15)24-22(25)17-12-19(23)21(26-2)20(13-17)27-14-16-8-4-3-5-9-16/h3-13H,14H2,1-2H3,(H,24,25). The molecule has 3 aromatic rings. The summed E-state index contributed by atoms with van der Waals surface area (Å²) in [6.45, 7) is 2.39. The molecule has 0 fully saturated rings. The van der Waals surface area contributed by atoms with Gasteiger partial charge in [-0.2, -0.15) is 0 Å². The third-order valence-electron chi connectivity index (χ3n) is 3.99. The number of methoxy groups -OCH3 is 1. The van der Waals surface area contributed by atoms with Gasteiger partial charge in [0.25, 0.3) is 5.91 Å². The number of nitrogens with one attached hydrogen (secondary N) is 1. The molecule has 0 bridgehead atoms. The van der Waals surface area contributed by atoms with Crippen LogP contribution in [0.2, 0.25) is 0 Å². The van der Waals surface area contributed by atoms with Crippen molar-refractivity contribution in [3.63, 3.8) is 0 Å². The Balaban J connectivity index is 1.83. The molecule has 27 heavy (non-hydrogen) atoms. The van der Waals surface area contributed by atoms with Crippen molar-refractivity contribution in [2.75, 3.05) is 12.4 Å². The van der Waals surface area contributed by atoms with E-state index in [1.54, 1.807) is 19.2 Å². The normalized spacial score (nSPS) is 10.3. The summed E-state index contributed by atoms with van der Waals surface area (Å²) in [7, 11) is 1.60. The summed E-state index contributed by atoms with van der Waals surface area (Å²) in [6, 6.07) is 21.1. The van der Waals surface area contributed by atoms with E-state index in [9.17, 15) is 4.79 Å². The van der Waals surface area contributed by atoms with Gasteiger partial charge in [0, 0.05) is 11.3 Å². The Morgan fingerprint density at radius 3 is 2.52 bits per heavy atom. The number of ether oxygens (including phenoxy) is 2. The van der Waals surface area contributed by atoms with E-state index in [2.05, 4.69) is 27.9 Å². The fourth-order valence-corrected chi connectivity index (χ4v) is 3.49. The Kier molecular flexibility index (Phi) is 6.34. The number of rotatable bonds is 6. The monoisotopic (exact) mass is 473 g/mol. The minimum Gasteiger partial charge on any atom is -0.492 e. The number of hydrogen-bond acceptors (Lipinski definition) is 3. The highest BCUT2D eigenvalue weighted by Crippen LogP contribution is 2.34. The van der Waals surface area contributed by atoms with Crippen LogP contribution in [0, 0.1) is 10.5 Å². The number of benzene rings is 3. The average Bonchev–Trinajstić information content (AvgIpc) is 2.66. The lowest BCUT2D eigenvalue weighted by atomic mass is 10.1. The first-order valence-electron chi connectivity index (χ1n) is 8.49. The summed E-state index contributed by atoms with van der Waals surface area (Å²) in [6.07, 6.45) is 0. The van der Waals surface area contributed by atoms with E-state index >= 15 is 0 Å². The fraction of sp³-hybridized carbons (Fsp3) is 0.136. The molecule has 0 unspecified atom stereocenters. The predicted octanol–water partition coefficient (Wildman–Crippen LogP) is 5.44. The maximum Gasteiger partial charge on any atom is 0.255 e. The van der Waals surface area contributed by atoms with Gasteiger partial charge in [0.1, 0.15) is 6.61 Å². The number of amides is 1. The molecule has 0 saturated heterocycles. The van der Waals surface area contributed by atoms with Gasteiger partial charge >= 0.3 is 0 Å². The van der Waals surface area contributed by atoms with E-state index in [0.717, 1.165) is 20.4 Å². The molecular formula is C22H20INO3. The molecule has 3 rings (SSSR count). The van der Waals surface area contributed by atoms with Crippen molar-refractivity contribution < 1.29 is 14.3 Å². The molecule has 4 nitrogen and oxygen atoms in total. The number of halogens is 1. The zero-order valence-electron chi connectivity index (χ0n) is 15.2. The molecule has 5 heteroatoms. The van der Waals surface area contributed by atoms with Gasteiger partial charge in [-0.1, -0.05) is 42.5 Å². The van der Waals surface area contributed by atoms with Crippen LogP contribution in [0.4, 0.5) is 5.69 Å². The first kappa shape index (κ1) is 19.2. The first-order chi connectivity index (χ1) is 13.1. The summed E-state index contributed by atoms with van der Waals surface area (Å²) < 4.78 is 12.2. The lowest BCUT2D eigenvalue weighted by Crippen LogP contribution is -2.13. The zero-order chi connectivity index (χ0) is 19.2. The van der Waals surface area contributed by atoms with Gasteiger partial charge in [0.2, 0.25) is 0 Å². The van der Waals surface area contributed by atoms with Crippen LogP contribution in [0.5, 0.6) is 11.5 Å². The molecule has 1 amide bonds. The van der Waals surface area contributed by atoms with Gasteiger partial charge in [0.05, 0.1) is 10.7 Å². The van der Waals surface area contributed by atoms with E-state index in [4.69, 9.17) is 9.47 Å². The van der Waals surface area contributed by atoms with Crippen LogP contribution in [0.15, 0.2) is 66.7 Å². The van der Waals surface area contributed by atoms with Crippen LogP contribution < -0.4 is 14.8 Å². The fourth-order valence-electron chi connectivity index (χ4n) is 2.67. The van der Waals surface area contributed by atoms with E-state index in [1.165, 1.54) is 0 Å². The minimum atomic E-state index is -0.189. The van der Waals surface area contributed by atoms with Crippen molar-refractivity contribution >= 4 is 34.2 Å². The Labute approximate surface area is 172 Å². The Morgan fingerprint density at radius 1 is 1.04 bits per heavy atom. The smallest absolute Gasteiger partial charge is 0.255 e. The molecular weight excluding hydrogens is 453 g/mol. The highest BCUT2D eigenvalue weighted by molar-refractivity contribution is 14.1. The molecule has 0 spiro atoms. The molecule has 0 aromatic heterocycles. The number of carbonyl (C=O) groups excluding carboxylic acids is 1. The molecule has 0 radical (unpaired) electrons. The van der Waals surface area contributed by atoms with Gasteiger partial charge in [-0.05, 0) is 64.9 Å². The second-order valence-electron chi connectivity index (χ2n) is 6.09. The maximum atomic E-state index is 12.7. The van der Waals surface area contributed by atoms with Crippen LogP contribution in [0.1, 0.15) is 21.5 Å². The van der Waals surface area contributed by atoms with Crippen molar-refractivity contribution in [2.45, 2.75) is 13.5 Å². The molecule has 3 aromatic carbocycles. The molecule has 138 valence electrons. The van der Waals surface area contributed by atoms with Gasteiger partial charge in [0.15, 0.2) is 11.5 Å². The average molecular weight is 473 g/mol. The van der Waals surface area contributed by atoms with Crippen LogP contribution in [0.25, 0.3) is 0 Å². The third-order valence-corrected chi connectivity index (χ3v) is 4.79. The summed E-state index contributed by atoms with van der Waals surface area (Å²) in [5, 5.41) is 2.93. The van der Waals surface area contributed by atoms with Crippen LogP contribution >= 0.6 is 22.6 Å². The number of anilines is 1. The summed E-state index contributed by atoms with van der Waals surface area (Å²) >= 11 is 2.15. The summed E-state index contributed by atoms with van der Waals surface area (Å²) in [5.74, 6) is 0.979. The van der Waals surface area contributed by atoms with Crippen LogP contribution in [0.3, 0.4) is 0 Å². The van der Waals surface area contributed by atoms with Crippen molar-refractivity contribution in [3.05, 3.63) is 87.0 Å². The summed E-state index contributed by atoms with van der Waals surface area (Å²) in [4.78, 5) is 12.7. The Hall–Kier alpha value is -2.54. The van der Waals surface area contributed by atoms with Crippen molar-refractivity contribution in [1.82, 2.24) is 0 Å². The van der Waals surface area contributed by atoms with Gasteiger partial charge in [-0.3, -0.25) is 4.79 Å². The quantitative estimate of drug-likeness (QED) is 0.486. The van der Waals surface area contributed by atoms with Crippen molar-refractivity contribution in [1.29, 1.82) is 0 Å². The Bertz CT molecular complexity index is 942. The topological polar surface area (TPSA) is 47.6 Å². The highest BCUT2D eigenvalue weighted by atomic mass is 127. The number of hydrogen-bond donors (Lipinski definition) is 1. The van der Waals surface area contributed by atoms with E-state index in [-0.39, 0.29) is 5.91 Å². The van der Waals surface area contributed by atoms with Crippen LogP contribution in [-0.4, -0.2) is 13.0 Å². The van der Waals surface area contributed by atoms with Crippen molar-refractivity contribution in [2.24, 2.45) is 0 Å². The molecule has 0 saturated carbocycles. The largest absolute Gasteiger partial charge is 0.492 e. The van der Waals surface area contributed by atoms with E-state index < -0.39 is 0 Å². The number of aryl methyl sites for hydroxylation is 1. The van der Waals surface area contributed by atoms with Gasteiger partial charge in [-0.25, -0.2) is 0 Å². The van der Waals surface area contributed by atoms with Gasteiger partial charge < -0.3 is 14.8 Å². The lowest BCUT2D eigenvalue weighted by molar-refractivity contribution is 0.102. The van der Waals surface area contributed by atoms with E-state index in [0.29, 0.717) is 23.7 Å². The third kappa shape index (κ3) is 5.01. The summed E-state index contributed by atoms with van der Waals surface area (Å²) in [5.41, 5.74) is 3.41. The Morgan fingerprint density at radius 2 is 1.81 bits per heavy atom. The first-order valence-corrected chi connectivity index (χ1v) is 9.57. The zero-order valence-corrected chi connectivity index (χ0v) is 17.3. The second-order valence-corrected chi connectivity index (χ2v) is 7.25. The molecule has 0 atom stereocenters. The molecule has 0 heterocycles. The minimum absolute atomic E-state index is 0.189. The SMILES string of the molecule is COc1c(I)cc(C(=O)Nc2cccc(C)c2)cc1OCc1ccccc1. The molecule has 0 aliphatic rings. The molecule has 1 N–H and O–H groups in total. The predicted molar refractivity (Wildman–Crippen MR) is 116 cm³/mol. The maximum absolute atomic E-state index is 12.7. The van der Waals surface area contributed by atoms with Gasteiger partial charge in [-0.15, -0.1) is 0 Å². The highest BCUT2D eigenvalue weighted by Gasteiger charge is 2.16.